The van der Waals surface area contributed by atoms with Gasteiger partial charge in [0.1, 0.15) is 0 Å². The maximum atomic E-state index is 6.65. The van der Waals surface area contributed by atoms with E-state index in [0.717, 1.165) is 16.5 Å². The molecule has 0 spiro atoms. The van der Waals surface area contributed by atoms with Gasteiger partial charge in [0.25, 0.3) is 0 Å². The molecule has 0 aliphatic heterocycles. The average Bonchev–Trinajstić information content (AvgIpc) is 2.99. The van der Waals surface area contributed by atoms with E-state index in [0.29, 0.717) is 0 Å². The van der Waals surface area contributed by atoms with E-state index in [9.17, 15) is 0 Å². The number of rotatable bonds is 4. The van der Waals surface area contributed by atoms with Crippen LogP contribution in [0.2, 0.25) is 18.1 Å². The predicted molar refractivity (Wildman–Crippen MR) is 111 cm³/mol. The number of thiophene rings is 1. The lowest BCUT2D eigenvalue weighted by Crippen LogP contribution is -2.41. The average molecular weight is 421 g/mol. The molecule has 1 unspecified atom stereocenters. The fraction of sp³-hybridized carbons (Fsp3) is 0.400. The van der Waals surface area contributed by atoms with Crippen molar-refractivity contribution in [2.24, 2.45) is 0 Å². The second-order valence-corrected chi connectivity index (χ2v) is 14.0. The first-order chi connectivity index (χ1) is 11.2. The van der Waals surface area contributed by atoms with E-state index in [1.165, 1.54) is 4.88 Å². The molecular weight excluding hydrogens is 396 g/mol. The summed E-state index contributed by atoms with van der Waals surface area (Å²) in [6, 6.07) is 12.3. The van der Waals surface area contributed by atoms with E-state index in [2.05, 4.69) is 79.1 Å². The van der Waals surface area contributed by atoms with E-state index in [-0.39, 0.29) is 11.1 Å². The van der Waals surface area contributed by atoms with Gasteiger partial charge in [0.2, 0.25) is 0 Å². The number of hydrogen-bond acceptors (Lipinski definition) is 2. The minimum atomic E-state index is -1.83. The van der Waals surface area contributed by atoms with Crippen LogP contribution in [0.5, 0.6) is 0 Å². The summed E-state index contributed by atoms with van der Waals surface area (Å²) in [6.07, 6.45) is 0.782. The van der Waals surface area contributed by atoms with Gasteiger partial charge in [-0.25, -0.2) is 0 Å². The Morgan fingerprint density at radius 1 is 1.21 bits per heavy atom. The molecule has 1 nitrogen and oxygen atoms in total. The topological polar surface area (TPSA) is 9.23 Å². The Balaban J connectivity index is 2.17. The van der Waals surface area contributed by atoms with Crippen LogP contribution in [0.1, 0.15) is 43.7 Å². The van der Waals surface area contributed by atoms with Gasteiger partial charge < -0.3 is 4.43 Å². The van der Waals surface area contributed by atoms with Crippen molar-refractivity contribution < 1.29 is 4.43 Å². The fourth-order valence-corrected chi connectivity index (χ4v) is 4.53. The molecule has 0 bridgehead atoms. The van der Waals surface area contributed by atoms with Gasteiger partial charge in [-0.15, -0.1) is 11.3 Å². The summed E-state index contributed by atoms with van der Waals surface area (Å²) in [5.74, 6) is 6.59. The molecule has 2 aromatic rings. The third-order valence-corrected chi connectivity index (χ3v) is 10.4. The predicted octanol–water partition coefficient (Wildman–Crippen LogP) is 7.02. The first-order valence-corrected chi connectivity index (χ1v) is 12.7. The van der Waals surface area contributed by atoms with Gasteiger partial charge in [0, 0.05) is 21.3 Å². The fourth-order valence-electron chi connectivity index (χ4n) is 2.02. The van der Waals surface area contributed by atoms with Crippen molar-refractivity contribution >= 4 is 35.6 Å². The molecule has 0 saturated carbocycles. The third-order valence-electron chi connectivity index (χ3n) is 4.45. The molecule has 0 N–H and O–H groups in total. The van der Waals surface area contributed by atoms with Gasteiger partial charge in [-0.05, 0) is 47.8 Å². The minimum Gasteiger partial charge on any atom is -0.408 e. The van der Waals surface area contributed by atoms with Gasteiger partial charge in [-0.2, -0.15) is 0 Å². The van der Waals surface area contributed by atoms with E-state index >= 15 is 0 Å². The highest BCUT2D eigenvalue weighted by Crippen LogP contribution is 2.41. The molecule has 4 heteroatoms. The number of benzene rings is 1. The van der Waals surface area contributed by atoms with Crippen molar-refractivity contribution in [2.45, 2.75) is 51.4 Å². The summed E-state index contributed by atoms with van der Waals surface area (Å²) < 4.78 is 7.70. The third kappa shape index (κ3) is 5.32. The number of hydrogen-bond donors (Lipinski definition) is 0. The molecule has 24 heavy (non-hydrogen) atoms. The van der Waals surface area contributed by atoms with E-state index in [1.807, 2.05) is 24.3 Å². The van der Waals surface area contributed by atoms with Crippen molar-refractivity contribution in [3.8, 4) is 11.8 Å². The molecule has 1 heterocycles. The van der Waals surface area contributed by atoms with Gasteiger partial charge in [0.15, 0.2) is 8.32 Å². The van der Waals surface area contributed by atoms with Crippen molar-refractivity contribution in [2.75, 3.05) is 0 Å². The van der Waals surface area contributed by atoms with Gasteiger partial charge in [0.05, 0.1) is 6.10 Å². The summed E-state index contributed by atoms with van der Waals surface area (Å²) in [4.78, 5) is 1.27. The largest absolute Gasteiger partial charge is 0.408 e. The molecule has 128 valence electrons. The second-order valence-electron chi connectivity index (χ2n) is 7.40. The Morgan fingerprint density at radius 3 is 2.54 bits per heavy atom. The molecule has 0 aliphatic rings. The van der Waals surface area contributed by atoms with Gasteiger partial charge >= 0.3 is 0 Å². The molecule has 0 aliphatic carbocycles. The van der Waals surface area contributed by atoms with Crippen LogP contribution in [0, 0.1) is 11.8 Å². The molecular formula is C20H25BrOSSi. The lowest BCUT2D eigenvalue weighted by Gasteiger charge is -2.38. The van der Waals surface area contributed by atoms with Crippen molar-refractivity contribution in [1.82, 2.24) is 0 Å². The van der Waals surface area contributed by atoms with Crippen LogP contribution in [0.15, 0.2) is 46.3 Å². The Hall–Kier alpha value is -0.863. The molecule has 0 fully saturated rings. The summed E-state index contributed by atoms with van der Waals surface area (Å²) in [5, 5.41) is 2.30. The van der Waals surface area contributed by atoms with Crippen LogP contribution in [0.3, 0.4) is 0 Å². The van der Waals surface area contributed by atoms with Gasteiger partial charge in [-0.3, -0.25) is 0 Å². The normalized spacial score (nSPS) is 13.2. The maximum Gasteiger partial charge on any atom is 0.192 e. The minimum absolute atomic E-state index is 0.0607. The van der Waals surface area contributed by atoms with Crippen LogP contribution in [0.25, 0.3) is 0 Å². The summed E-state index contributed by atoms with van der Waals surface area (Å²) in [6.45, 7) is 11.4. The highest BCUT2D eigenvalue weighted by Gasteiger charge is 2.39. The zero-order chi connectivity index (χ0) is 17.8. The first-order valence-electron chi connectivity index (χ1n) is 8.15. The molecule has 2 rings (SSSR count). The Kier molecular flexibility index (Phi) is 6.50. The van der Waals surface area contributed by atoms with Crippen LogP contribution in [-0.2, 0) is 4.43 Å². The monoisotopic (exact) mass is 420 g/mol. The van der Waals surface area contributed by atoms with Crippen LogP contribution in [0.4, 0.5) is 0 Å². The van der Waals surface area contributed by atoms with E-state index < -0.39 is 8.32 Å². The zero-order valence-electron chi connectivity index (χ0n) is 15.0. The number of halogens is 1. The molecule has 1 atom stereocenters. The smallest absolute Gasteiger partial charge is 0.192 e. The summed E-state index contributed by atoms with van der Waals surface area (Å²) in [5.41, 5.74) is 1.03. The summed E-state index contributed by atoms with van der Waals surface area (Å²) in [7, 11) is -1.83. The van der Waals surface area contributed by atoms with Gasteiger partial charge in [-0.1, -0.05) is 60.7 Å². The quantitative estimate of drug-likeness (QED) is 0.381. The Labute approximate surface area is 159 Å². The lowest BCUT2D eigenvalue weighted by atomic mass is 10.2. The highest BCUT2D eigenvalue weighted by molar-refractivity contribution is 9.10. The molecule has 0 saturated heterocycles. The van der Waals surface area contributed by atoms with Crippen molar-refractivity contribution in [3.63, 3.8) is 0 Å². The molecule has 0 radical (unpaired) electrons. The Bertz CT molecular complexity index is 720. The van der Waals surface area contributed by atoms with Crippen LogP contribution >= 0.6 is 27.3 Å². The Morgan fingerprint density at radius 2 is 1.96 bits per heavy atom. The SMILES string of the molecule is CC(C)(C)[Si](C)(C)OC(CC#Cc1cccc(Br)c1)c1cccs1. The summed E-state index contributed by atoms with van der Waals surface area (Å²) >= 11 is 5.24. The lowest BCUT2D eigenvalue weighted by molar-refractivity contribution is 0.192. The van der Waals surface area contributed by atoms with Crippen LogP contribution in [-0.4, -0.2) is 8.32 Å². The molecule has 1 aromatic heterocycles. The maximum absolute atomic E-state index is 6.65. The van der Waals surface area contributed by atoms with Crippen molar-refractivity contribution in [3.05, 3.63) is 56.7 Å². The molecule has 0 amide bonds. The van der Waals surface area contributed by atoms with Crippen LogP contribution < -0.4 is 0 Å². The van der Waals surface area contributed by atoms with Crippen molar-refractivity contribution in [1.29, 1.82) is 0 Å². The zero-order valence-corrected chi connectivity index (χ0v) is 18.4. The second kappa shape index (κ2) is 8.01. The first kappa shape index (κ1) is 19.5. The highest BCUT2D eigenvalue weighted by atomic mass is 79.9. The standard InChI is InChI=1S/C20H25BrOSSi/c1-20(2,3)24(4,5)22-18(19-13-8-14-23-19)12-7-10-16-9-6-11-17(21)15-16/h6,8-9,11,13-15,18H,12H2,1-5H3. The van der Waals surface area contributed by atoms with E-state index in [1.54, 1.807) is 11.3 Å². The van der Waals surface area contributed by atoms with E-state index in [4.69, 9.17) is 4.43 Å². The molecule has 1 aromatic carbocycles.